The Morgan fingerprint density at radius 3 is 2.68 bits per heavy atom. The van der Waals surface area contributed by atoms with Gasteiger partial charge in [0.05, 0.1) is 5.52 Å². The van der Waals surface area contributed by atoms with Crippen molar-refractivity contribution in [1.29, 1.82) is 0 Å². The third-order valence-corrected chi connectivity index (χ3v) is 5.02. The summed E-state index contributed by atoms with van der Waals surface area (Å²) < 4.78 is 6.72. The van der Waals surface area contributed by atoms with Gasteiger partial charge in [0, 0.05) is 25.6 Å². The fourth-order valence-electron chi connectivity index (χ4n) is 3.61. The first-order valence-corrected chi connectivity index (χ1v) is 9.15. The van der Waals surface area contributed by atoms with Crippen LogP contribution in [-0.2, 0) is 11.3 Å². The molecule has 1 aromatic carbocycles. The first-order valence-electron chi connectivity index (χ1n) is 9.15. The second-order valence-electron chi connectivity index (χ2n) is 7.10. The van der Waals surface area contributed by atoms with E-state index >= 15 is 0 Å². The second kappa shape index (κ2) is 7.87. The van der Waals surface area contributed by atoms with Gasteiger partial charge >= 0.3 is 5.76 Å². The van der Waals surface area contributed by atoms with Crippen molar-refractivity contribution >= 4 is 17.0 Å². The van der Waals surface area contributed by atoms with E-state index in [2.05, 4.69) is 24.1 Å². The van der Waals surface area contributed by atoms with E-state index < -0.39 is 5.76 Å². The second-order valence-corrected chi connectivity index (χ2v) is 7.10. The number of nitrogens with zero attached hydrogens (tertiary/aromatic N) is 2. The standard InChI is InChI=1S/C19H27N3O3/c1-14(2)16(21-10-5-6-11-21)13-20-18(23)9-12-22-15-7-3-4-8-17(15)25-19(22)24/h3-4,7-8,14,16H,5-6,9-13H2,1-2H3,(H,20,23)/t16-/m1/s1. The summed E-state index contributed by atoms with van der Waals surface area (Å²) in [7, 11) is 0. The molecule has 0 unspecified atom stereocenters. The lowest BCUT2D eigenvalue weighted by atomic mass is 10.0. The third kappa shape index (κ3) is 4.12. The molecule has 6 heteroatoms. The van der Waals surface area contributed by atoms with Gasteiger partial charge < -0.3 is 9.73 Å². The third-order valence-electron chi connectivity index (χ3n) is 5.02. The molecule has 0 radical (unpaired) electrons. The Hall–Kier alpha value is -2.08. The lowest BCUT2D eigenvalue weighted by molar-refractivity contribution is -0.121. The number of nitrogens with one attached hydrogen (secondary N) is 1. The predicted molar refractivity (Wildman–Crippen MR) is 97.5 cm³/mol. The normalized spacial score (nSPS) is 16.6. The van der Waals surface area contributed by atoms with Gasteiger partial charge in [-0.2, -0.15) is 0 Å². The lowest BCUT2D eigenvalue weighted by Crippen LogP contribution is -2.45. The van der Waals surface area contributed by atoms with Crippen LogP contribution < -0.4 is 11.1 Å². The van der Waals surface area contributed by atoms with Crippen LogP contribution in [0.4, 0.5) is 0 Å². The van der Waals surface area contributed by atoms with Gasteiger partial charge in [-0.25, -0.2) is 4.79 Å². The van der Waals surface area contributed by atoms with Gasteiger partial charge in [0.2, 0.25) is 5.91 Å². The average molecular weight is 345 g/mol. The molecule has 2 aromatic rings. The molecule has 6 nitrogen and oxygen atoms in total. The van der Waals surface area contributed by atoms with Crippen LogP contribution in [0.2, 0.25) is 0 Å². The fraction of sp³-hybridized carbons (Fsp3) is 0.579. The molecule has 2 heterocycles. The maximum Gasteiger partial charge on any atom is 0.419 e. The van der Waals surface area contributed by atoms with Crippen molar-refractivity contribution in [3.8, 4) is 0 Å². The molecule has 1 amide bonds. The summed E-state index contributed by atoms with van der Waals surface area (Å²) in [5.74, 6) is 0.0620. The quantitative estimate of drug-likeness (QED) is 0.835. The Labute approximate surface area is 147 Å². The van der Waals surface area contributed by atoms with Crippen LogP contribution in [0.1, 0.15) is 33.1 Å². The Kier molecular flexibility index (Phi) is 5.58. The van der Waals surface area contributed by atoms with Crippen molar-refractivity contribution < 1.29 is 9.21 Å². The summed E-state index contributed by atoms with van der Waals surface area (Å²) in [4.78, 5) is 26.7. The molecular formula is C19H27N3O3. The van der Waals surface area contributed by atoms with Gasteiger partial charge in [-0.3, -0.25) is 14.3 Å². The summed E-state index contributed by atoms with van der Waals surface area (Å²) in [6.45, 7) is 7.64. The zero-order valence-corrected chi connectivity index (χ0v) is 15.0. The number of hydrogen-bond donors (Lipinski definition) is 1. The number of hydrogen-bond acceptors (Lipinski definition) is 4. The minimum absolute atomic E-state index is 0.0259. The van der Waals surface area contributed by atoms with E-state index in [9.17, 15) is 9.59 Å². The van der Waals surface area contributed by atoms with E-state index in [0.717, 1.165) is 18.6 Å². The van der Waals surface area contributed by atoms with Gasteiger partial charge in [-0.15, -0.1) is 0 Å². The predicted octanol–water partition coefficient (Wildman–Crippen LogP) is 2.22. The first-order chi connectivity index (χ1) is 12.1. The average Bonchev–Trinajstić information content (AvgIpc) is 3.20. The number of carbonyl (C=O) groups is 1. The highest BCUT2D eigenvalue weighted by Gasteiger charge is 2.24. The monoisotopic (exact) mass is 345 g/mol. The highest BCUT2D eigenvalue weighted by atomic mass is 16.4. The molecule has 1 fully saturated rings. The number of carbonyl (C=O) groups excluding carboxylic acids is 1. The van der Waals surface area contributed by atoms with Gasteiger partial charge in [0.1, 0.15) is 0 Å². The number of benzene rings is 1. The molecule has 0 spiro atoms. The maximum absolute atomic E-state index is 12.3. The highest BCUT2D eigenvalue weighted by molar-refractivity contribution is 5.76. The molecule has 1 N–H and O–H groups in total. The molecule has 1 saturated heterocycles. The van der Waals surface area contributed by atoms with Crippen molar-refractivity contribution in [2.75, 3.05) is 19.6 Å². The number of aryl methyl sites for hydroxylation is 1. The van der Waals surface area contributed by atoms with Crippen LogP contribution in [-0.4, -0.2) is 41.1 Å². The molecule has 1 aliphatic rings. The zero-order valence-electron chi connectivity index (χ0n) is 15.0. The molecule has 1 aliphatic heterocycles. The Morgan fingerprint density at radius 1 is 1.24 bits per heavy atom. The van der Waals surface area contributed by atoms with Crippen LogP contribution in [0.3, 0.4) is 0 Å². The number of oxazole rings is 1. The van der Waals surface area contributed by atoms with E-state index in [-0.39, 0.29) is 12.3 Å². The van der Waals surface area contributed by atoms with E-state index in [1.165, 1.54) is 17.4 Å². The number of para-hydroxylation sites is 2. The highest BCUT2D eigenvalue weighted by Crippen LogP contribution is 2.17. The molecule has 1 atom stereocenters. The van der Waals surface area contributed by atoms with Crippen molar-refractivity contribution in [3.05, 3.63) is 34.8 Å². The maximum atomic E-state index is 12.3. The molecule has 25 heavy (non-hydrogen) atoms. The van der Waals surface area contributed by atoms with Crippen molar-refractivity contribution in [1.82, 2.24) is 14.8 Å². The van der Waals surface area contributed by atoms with Gasteiger partial charge in [0.25, 0.3) is 0 Å². The number of likely N-dealkylation sites (tertiary alicyclic amines) is 1. The summed E-state index contributed by atoms with van der Waals surface area (Å²) >= 11 is 0. The summed E-state index contributed by atoms with van der Waals surface area (Å²) in [5, 5.41) is 3.04. The SMILES string of the molecule is CC(C)[C@@H](CNC(=O)CCn1c(=O)oc2ccccc21)N1CCCC1. The Morgan fingerprint density at radius 2 is 1.96 bits per heavy atom. The smallest absolute Gasteiger partial charge is 0.408 e. The van der Waals surface area contributed by atoms with E-state index in [1.54, 1.807) is 6.07 Å². The van der Waals surface area contributed by atoms with Crippen molar-refractivity contribution in [2.45, 2.75) is 45.7 Å². The Bertz CT molecular complexity index is 772. The van der Waals surface area contributed by atoms with Gasteiger partial charge in [-0.1, -0.05) is 26.0 Å². The van der Waals surface area contributed by atoms with E-state index in [1.807, 2.05) is 18.2 Å². The number of fused-ring (bicyclic) bond motifs is 1. The minimum atomic E-state index is -0.411. The summed E-state index contributed by atoms with van der Waals surface area (Å²) in [6.07, 6.45) is 2.76. The molecule has 0 aliphatic carbocycles. The summed E-state index contributed by atoms with van der Waals surface area (Å²) in [5.41, 5.74) is 1.29. The van der Waals surface area contributed by atoms with Crippen molar-refractivity contribution in [3.63, 3.8) is 0 Å². The van der Waals surface area contributed by atoms with Gasteiger partial charge in [0.15, 0.2) is 5.58 Å². The van der Waals surface area contributed by atoms with Crippen LogP contribution in [0.5, 0.6) is 0 Å². The molecule has 1 aromatic heterocycles. The number of aromatic nitrogens is 1. The Balaban J connectivity index is 1.55. The number of amides is 1. The van der Waals surface area contributed by atoms with Crippen LogP contribution in [0.25, 0.3) is 11.1 Å². The topological polar surface area (TPSA) is 67.5 Å². The molecule has 0 saturated carbocycles. The van der Waals surface area contributed by atoms with Crippen molar-refractivity contribution in [2.24, 2.45) is 5.92 Å². The zero-order chi connectivity index (χ0) is 17.8. The fourth-order valence-corrected chi connectivity index (χ4v) is 3.61. The largest absolute Gasteiger partial charge is 0.419 e. The van der Waals surface area contributed by atoms with E-state index in [4.69, 9.17) is 4.42 Å². The lowest BCUT2D eigenvalue weighted by Gasteiger charge is -2.31. The van der Waals surface area contributed by atoms with E-state index in [0.29, 0.717) is 30.6 Å². The minimum Gasteiger partial charge on any atom is -0.408 e. The van der Waals surface area contributed by atoms with Crippen LogP contribution in [0.15, 0.2) is 33.5 Å². The van der Waals surface area contributed by atoms with Crippen LogP contribution in [0, 0.1) is 5.92 Å². The first kappa shape index (κ1) is 17.7. The number of rotatable bonds is 7. The molecule has 0 bridgehead atoms. The molecule has 3 rings (SSSR count). The molecular weight excluding hydrogens is 318 g/mol. The van der Waals surface area contributed by atoms with Gasteiger partial charge in [-0.05, 0) is 44.0 Å². The summed E-state index contributed by atoms with van der Waals surface area (Å²) in [6, 6.07) is 7.66. The molecule has 136 valence electrons. The van der Waals surface area contributed by atoms with Crippen LogP contribution >= 0.6 is 0 Å².